The van der Waals surface area contributed by atoms with Crippen LogP contribution >= 0.6 is 0 Å². The van der Waals surface area contributed by atoms with Gasteiger partial charge in [0.1, 0.15) is 17.3 Å². The van der Waals surface area contributed by atoms with Gasteiger partial charge in [0.2, 0.25) is 11.7 Å². The van der Waals surface area contributed by atoms with Gasteiger partial charge < -0.3 is 10.2 Å². The first-order valence-corrected chi connectivity index (χ1v) is 9.74. The monoisotopic (exact) mass is 387 g/mol. The molecule has 0 bridgehead atoms. The molecule has 7 nitrogen and oxygen atoms in total. The van der Waals surface area contributed by atoms with Gasteiger partial charge in [-0.25, -0.2) is 14.1 Å². The third-order valence-electron chi connectivity index (χ3n) is 5.04. The van der Waals surface area contributed by atoms with Crippen LogP contribution in [-0.4, -0.2) is 51.1 Å². The Kier molecular flexibility index (Phi) is 6.38. The molecule has 1 aromatic carbocycles. The third-order valence-corrected chi connectivity index (χ3v) is 5.04. The Balaban J connectivity index is 1.66. The van der Waals surface area contributed by atoms with Gasteiger partial charge in [-0.05, 0) is 37.3 Å². The maximum Gasteiger partial charge on any atom is 0.290 e. The van der Waals surface area contributed by atoms with E-state index >= 15 is 0 Å². The summed E-state index contributed by atoms with van der Waals surface area (Å²) >= 11 is 0. The van der Waals surface area contributed by atoms with Crippen molar-refractivity contribution in [1.29, 1.82) is 0 Å². The van der Waals surface area contributed by atoms with Crippen LogP contribution in [0, 0.1) is 11.7 Å². The second kappa shape index (κ2) is 8.95. The molecule has 1 fully saturated rings. The number of hydrogen-bond donors (Lipinski definition) is 1. The number of aromatic nitrogens is 3. The minimum atomic E-state index is -0.408. The molecule has 2 amide bonds. The number of piperidine rings is 1. The summed E-state index contributed by atoms with van der Waals surface area (Å²) in [5, 5.41) is 7.15. The van der Waals surface area contributed by atoms with E-state index in [0.29, 0.717) is 24.7 Å². The zero-order chi connectivity index (χ0) is 20.1. The largest absolute Gasteiger partial charge is 0.349 e. The second-order valence-corrected chi connectivity index (χ2v) is 7.12. The summed E-state index contributed by atoms with van der Waals surface area (Å²) in [7, 11) is 0. The molecule has 3 rings (SSSR count). The summed E-state index contributed by atoms with van der Waals surface area (Å²) in [4.78, 5) is 30.1. The van der Waals surface area contributed by atoms with Gasteiger partial charge in [-0.15, -0.1) is 5.10 Å². The molecule has 0 radical (unpaired) electrons. The summed E-state index contributed by atoms with van der Waals surface area (Å²) in [6.45, 7) is 5.52. The normalized spacial score (nSPS) is 14.9. The van der Waals surface area contributed by atoms with E-state index in [1.54, 1.807) is 25.1 Å². The van der Waals surface area contributed by atoms with Gasteiger partial charge in [-0.3, -0.25) is 9.59 Å². The van der Waals surface area contributed by atoms with Gasteiger partial charge in [0.05, 0.1) is 0 Å². The highest BCUT2D eigenvalue weighted by Crippen LogP contribution is 2.17. The van der Waals surface area contributed by atoms with Crippen LogP contribution in [0.25, 0.3) is 5.69 Å². The maximum absolute atomic E-state index is 14.2. The standard InChI is InChI=1S/C20H26FN5O2/c1-3-6-18-23-19(24-26(18)17-8-5-4-7-16(17)21)20(28)22-13-15-9-11-25(12-10-15)14(2)27/h4-5,7-8,15H,3,6,9-13H2,1-2H3,(H,22,28). The van der Waals surface area contributed by atoms with E-state index in [-0.39, 0.29) is 23.3 Å². The van der Waals surface area contributed by atoms with Gasteiger partial charge in [0, 0.05) is 33.0 Å². The van der Waals surface area contributed by atoms with Crippen molar-refractivity contribution in [2.24, 2.45) is 5.92 Å². The topological polar surface area (TPSA) is 80.1 Å². The minimum Gasteiger partial charge on any atom is -0.349 e. The van der Waals surface area contributed by atoms with Gasteiger partial charge >= 0.3 is 0 Å². The summed E-state index contributed by atoms with van der Waals surface area (Å²) in [5.41, 5.74) is 0.286. The SMILES string of the molecule is CCCc1nc(C(=O)NCC2CCN(C(C)=O)CC2)nn1-c1ccccc1F. The molecule has 1 saturated heterocycles. The molecule has 2 aromatic rings. The lowest BCUT2D eigenvalue weighted by molar-refractivity contribution is -0.130. The van der Waals surface area contributed by atoms with Crippen LogP contribution in [0.3, 0.4) is 0 Å². The van der Waals surface area contributed by atoms with Crippen molar-refractivity contribution in [3.63, 3.8) is 0 Å². The minimum absolute atomic E-state index is 0.0490. The number of amides is 2. The van der Waals surface area contributed by atoms with Crippen LogP contribution in [0.1, 0.15) is 49.6 Å². The van der Waals surface area contributed by atoms with Crippen molar-refractivity contribution < 1.29 is 14.0 Å². The summed E-state index contributed by atoms with van der Waals surface area (Å²) in [6.07, 6.45) is 3.12. The lowest BCUT2D eigenvalue weighted by Gasteiger charge is -2.31. The van der Waals surface area contributed by atoms with Crippen molar-refractivity contribution in [3.05, 3.63) is 41.7 Å². The molecular weight excluding hydrogens is 361 g/mol. The fraction of sp³-hybridized carbons (Fsp3) is 0.500. The van der Waals surface area contributed by atoms with Crippen LogP contribution in [0.5, 0.6) is 0 Å². The number of nitrogens with zero attached hydrogens (tertiary/aromatic N) is 4. The van der Waals surface area contributed by atoms with Gasteiger partial charge in [0.25, 0.3) is 5.91 Å². The lowest BCUT2D eigenvalue weighted by atomic mass is 9.97. The van der Waals surface area contributed by atoms with Crippen molar-refractivity contribution in [3.8, 4) is 5.69 Å². The predicted molar refractivity (Wildman–Crippen MR) is 103 cm³/mol. The first-order valence-electron chi connectivity index (χ1n) is 9.74. The fourth-order valence-corrected chi connectivity index (χ4v) is 3.41. The van der Waals surface area contributed by atoms with E-state index in [1.165, 1.54) is 10.7 Å². The second-order valence-electron chi connectivity index (χ2n) is 7.12. The number of para-hydroxylation sites is 1. The summed E-state index contributed by atoms with van der Waals surface area (Å²) < 4.78 is 15.6. The van der Waals surface area contributed by atoms with Crippen molar-refractivity contribution >= 4 is 11.8 Å². The molecular formula is C20H26FN5O2. The lowest BCUT2D eigenvalue weighted by Crippen LogP contribution is -2.40. The molecule has 0 atom stereocenters. The number of carbonyl (C=O) groups excluding carboxylic acids is 2. The number of rotatable bonds is 6. The molecule has 0 spiro atoms. The molecule has 8 heteroatoms. The van der Waals surface area contributed by atoms with Crippen LogP contribution in [-0.2, 0) is 11.2 Å². The highest BCUT2D eigenvalue weighted by Gasteiger charge is 2.23. The number of nitrogens with one attached hydrogen (secondary N) is 1. The Bertz CT molecular complexity index is 843. The quantitative estimate of drug-likeness (QED) is 0.825. The Morgan fingerprint density at radius 2 is 1.96 bits per heavy atom. The average Bonchev–Trinajstić information content (AvgIpc) is 3.11. The molecule has 1 aliphatic rings. The molecule has 0 unspecified atom stereocenters. The van der Waals surface area contributed by atoms with E-state index in [2.05, 4.69) is 15.4 Å². The molecule has 0 aliphatic carbocycles. The number of hydrogen-bond acceptors (Lipinski definition) is 4. The van der Waals surface area contributed by atoms with E-state index in [4.69, 9.17) is 0 Å². The molecule has 0 saturated carbocycles. The Hall–Kier alpha value is -2.77. The van der Waals surface area contributed by atoms with E-state index in [0.717, 1.165) is 32.4 Å². The van der Waals surface area contributed by atoms with E-state index in [9.17, 15) is 14.0 Å². The van der Waals surface area contributed by atoms with Gasteiger partial charge in [0.15, 0.2) is 0 Å². The number of halogens is 1. The fourth-order valence-electron chi connectivity index (χ4n) is 3.41. The molecule has 150 valence electrons. The summed E-state index contributed by atoms with van der Waals surface area (Å²) in [5.74, 6) is 0.257. The van der Waals surface area contributed by atoms with Gasteiger partial charge in [-0.1, -0.05) is 19.1 Å². The van der Waals surface area contributed by atoms with Crippen molar-refractivity contribution in [2.75, 3.05) is 19.6 Å². The zero-order valence-electron chi connectivity index (χ0n) is 16.3. The van der Waals surface area contributed by atoms with Crippen LogP contribution in [0.4, 0.5) is 4.39 Å². The first-order chi connectivity index (χ1) is 13.5. The smallest absolute Gasteiger partial charge is 0.290 e. The predicted octanol–water partition coefficient (Wildman–Crippen LogP) is 2.35. The Labute approximate surface area is 163 Å². The highest BCUT2D eigenvalue weighted by molar-refractivity contribution is 5.90. The first kappa shape index (κ1) is 20.0. The molecule has 1 N–H and O–H groups in total. The number of carbonyl (C=O) groups is 2. The van der Waals surface area contributed by atoms with Crippen LogP contribution in [0.15, 0.2) is 24.3 Å². The van der Waals surface area contributed by atoms with Crippen LogP contribution in [0.2, 0.25) is 0 Å². The van der Waals surface area contributed by atoms with Crippen LogP contribution < -0.4 is 5.32 Å². The van der Waals surface area contributed by atoms with E-state index in [1.807, 2.05) is 11.8 Å². The number of benzene rings is 1. The highest BCUT2D eigenvalue weighted by atomic mass is 19.1. The molecule has 2 heterocycles. The molecule has 1 aromatic heterocycles. The Morgan fingerprint density at radius 1 is 1.25 bits per heavy atom. The van der Waals surface area contributed by atoms with Gasteiger partial charge in [-0.2, -0.15) is 0 Å². The molecule has 28 heavy (non-hydrogen) atoms. The maximum atomic E-state index is 14.2. The third kappa shape index (κ3) is 4.55. The van der Waals surface area contributed by atoms with Crippen molar-refractivity contribution in [2.45, 2.75) is 39.5 Å². The number of aryl methyl sites for hydroxylation is 1. The van der Waals surface area contributed by atoms with E-state index < -0.39 is 5.82 Å². The summed E-state index contributed by atoms with van der Waals surface area (Å²) in [6, 6.07) is 6.32. The Morgan fingerprint density at radius 3 is 2.61 bits per heavy atom. The zero-order valence-corrected chi connectivity index (χ0v) is 16.3. The average molecular weight is 387 g/mol. The molecule has 1 aliphatic heterocycles. The van der Waals surface area contributed by atoms with Crippen molar-refractivity contribution in [1.82, 2.24) is 25.0 Å². The number of likely N-dealkylation sites (tertiary alicyclic amines) is 1.